The summed E-state index contributed by atoms with van der Waals surface area (Å²) in [7, 11) is 1.88. The highest BCUT2D eigenvalue weighted by Gasteiger charge is 2.33. The Labute approximate surface area is 134 Å². The molecular formula is C16H21N5O2. The molecule has 0 radical (unpaired) electrons. The first-order chi connectivity index (χ1) is 11.2. The molecule has 1 amide bonds. The minimum atomic E-state index is -0.126. The lowest BCUT2D eigenvalue weighted by atomic mass is 10.0. The van der Waals surface area contributed by atoms with Gasteiger partial charge in [-0.05, 0) is 25.7 Å². The van der Waals surface area contributed by atoms with Crippen LogP contribution in [0.2, 0.25) is 0 Å². The van der Waals surface area contributed by atoms with Gasteiger partial charge in [-0.25, -0.2) is 0 Å². The van der Waals surface area contributed by atoms with E-state index in [1.54, 1.807) is 17.1 Å². The average molecular weight is 315 g/mol. The zero-order chi connectivity index (χ0) is 15.8. The van der Waals surface area contributed by atoms with Gasteiger partial charge in [0.15, 0.2) is 0 Å². The Bertz CT molecular complexity index is 720. The third-order valence-electron chi connectivity index (χ3n) is 4.69. The van der Waals surface area contributed by atoms with Crippen LogP contribution in [0.1, 0.15) is 47.0 Å². The maximum Gasteiger partial charge on any atom is 0.255 e. The highest BCUT2D eigenvalue weighted by Crippen LogP contribution is 2.29. The summed E-state index contributed by atoms with van der Waals surface area (Å²) in [5.41, 5.74) is 2.78. The van der Waals surface area contributed by atoms with Gasteiger partial charge in [-0.2, -0.15) is 10.2 Å². The fourth-order valence-electron chi connectivity index (χ4n) is 3.51. The summed E-state index contributed by atoms with van der Waals surface area (Å²) in [6.45, 7) is 1.56. The van der Waals surface area contributed by atoms with Gasteiger partial charge in [0.25, 0.3) is 5.91 Å². The van der Waals surface area contributed by atoms with Crippen LogP contribution in [0.25, 0.3) is 0 Å². The van der Waals surface area contributed by atoms with Gasteiger partial charge in [0.2, 0.25) is 0 Å². The number of aryl methyl sites for hydroxylation is 2. The molecule has 2 aromatic rings. The van der Waals surface area contributed by atoms with Gasteiger partial charge in [-0.1, -0.05) is 0 Å². The molecule has 1 saturated heterocycles. The number of amides is 1. The van der Waals surface area contributed by atoms with Crippen molar-refractivity contribution in [2.24, 2.45) is 7.05 Å². The summed E-state index contributed by atoms with van der Waals surface area (Å²) in [5.74, 6) is -0.0439. The van der Waals surface area contributed by atoms with Gasteiger partial charge in [0.05, 0.1) is 29.7 Å². The van der Waals surface area contributed by atoms with E-state index in [1.165, 1.54) is 0 Å². The first kappa shape index (κ1) is 14.4. The van der Waals surface area contributed by atoms with Crippen molar-refractivity contribution in [2.45, 2.75) is 44.4 Å². The van der Waals surface area contributed by atoms with Crippen LogP contribution in [0, 0.1) is 0 Å². The third-order valence-corrected chi connectivity index (χ3v) is 4.69. The first-order valence-corrected chi connectivity index (χ1v) is 8.18. The van der Waals surface area contributed by atoms with E-state index >= 15 is 0 Å². The SMILES string of the molecule is Cn1cc([C@H]2OCC[C@@H]2NC(=O)c2cnn3c2CCCC3)cn1. The van der Waals surface area contributed by atoms with E-state index < -0.39 is 0 Å². The van der Waals surface area contributed by atoms with Gasteiger partial charge in [-0.15, -0.1) is 0 Å². The number of nitrogens with zero attached hydrogens (tertiary/aromatic N) is 4. The summed E-state index contributed by atoms with van der Waals surface area (Å²) >= 11 is 0. The summed E-state index contributed by atoms with van der Waals surface area (Å²) in [4.78, 5) is 12.7. The molecule has 4 rings (SSSR count). The normalized spacial score (nSPS) is 23.7. The molecule has 2 aromatic heterocycles. The van der Waals surface area contributed by atoms with E-state index in [-0.39, 0.29) is 18.1 Å². The van der Waals surface area contributed by atoms with E-state index in [4.69, 9.17) is 4.74 Å². The second-order valence-corrected chi connectivity index (χ2v) is 6.29. The molecule has 0 bridgehead atoms. The maximum absolute atomic E-state index is 12.7. The van der Waals surface area contributed by atoms with Gasteiger partial charge >= 0.3 is 0 Å². The Morgan fingerprint density at radius 1 is 1.35 bits per heavy atom. The number of ether oxygens (including phenoxy) is 1. The summed E-state index contributed by atoms with van der Waals surface area (Å²) < 4.78 is 9.52. The van der Waals surface area contributed by atoms with Crippen molar-refractivity contribution in [1.82, 2.24) is 24.9 Å². The van der Waals surface area contributed by atoms with Crippen molar-refractivity contribution in [3.8, 4) is 0 Å². The summed E-state index contributed by atoms with van der Waals surface area (Å²) in [5, 5.41) is 11.7. The Hall–Kier alpha value is -2.15. The second kappa shape index (κ2) is 5.81. The van der Waals surface area contributed by atoms with Gasteiger partial charge in [0, 0.05) is 32.0 Å². The van der Waals surface area contributed by atoms with Crippen LogP contribution in [0.4, 0.5) is 0 Å². The van der Waals surface area contributed by atoms with Crippen LogP contribution in [-0.2, 0) is 24.8 Å². The number of carbonyl (C=O) groups excluding carboxylic acids is 1. The molecule has 23 heavy (non-hydrogen) atoms. The molecule has 2 atom stereocenters. The highest BCUT2D eigenvalue weighted by atomic mass is 16.5. The standard InChI is InChI=1S/C16H21N5O2/c1-20-10-11(8-17-20)15-13(5-7-23-15)19-16(22)12-9-18-21-6-3-2-4-14(12)21/h8-10,13,15H,2-7H2,1H3,(H,19,22)/t13-,15+/m0/s1. The Morgan fingerprint density at radius 3 is 3.09 bits per heavy atom. The van der Waals surface area contributed by atoms with E-state index in [0.29, 0.717) is 12.2 Å². The molecule has 4 heterocycles. The molecule has 2 aliphatic heterocycles. The Balaban J connectivity index is 1.51. The van der Waals surface area contributed by atoms with Gasteiger partial charge in [0.1, 0.15) is 6.10 Å². The van der Waals surface area contributed by atoms with E-state index in [9.17, 15) is 4.79 Å². The van der Waals surface area contributed by atoms with Crippen LogP contribution in [0.5, 0.6) is 0 Å². The van der Waals surface area contributed by atoms with E-state index in [2.05, 4.69) is 15.5 Å². The van der Waals surface area contributed by atoms with Crippen molar-refractivity contribution in [3.63, 3.8) is 0 Å². The molecule has 0 spiro atoms. The van der Waals surface area contributed by atoms with Crippen molar-refractivity contribution in [3.05, 3.63) is 35.4 Å². The monoisotopic (exact) mass is 315 g/mol. The highest BCUT2D eigenvalue weighted by molar-refractivity contribution is 5.95. The predicted molar refractivity (Wildman–Crippen MR) is 82.9 cm³/mol. The van der Waals surface area contributed by atoms with E-state index in [1.807, 2.05) is 17.9 Å². The minimum absolute atomic E-state index is 0.0224. The molecule has 0 saturated carbocycles. The van der Waals surface area contributed by atoms with Crippen LogP contribution >= 0.6 is 0 Å². The number of carbonyl (C=O) groups is 1. The zero-order valence-corrected chi connectivity index (χ0v) is 13.2. The van der Waals surface area contributed by atoms with E-state index in [0.717, 1.165) is 43.5 Å². The third kappa shape index (κ3) is 2.65. The molecule has 7 heteroatoms. The fraction of sp³-hybridized carbons (Fsp3) is 0.562. The zero-order valence-electron chi connectivity index (χ0n) is 13.2. The smallest absolute Gasteiger partial charge is 0.255 e. The predicted octanol–water partition coefficient (Wildman–Crippen LogP) is 1.21. The Kier molecular flexibility index (Phi) is 3.65. The molecule has 0 aliphatic carbocycles. The molecule has 0 unspecified atom stereocenters. The first-order valence-electron chi connectivity index (χ1n) is 8.18. The largest absolute Gasteiger partial charge is 0.371 e. The van der Waals surface area contributed by atoms with Crippen molar-refractivity contribution < 1.29 is 9.53 Å². The molecule has 122 valence electrons. The molecule has 2 aliphatic rings. The number of hydrogen-bond donors (Lipinski definition) is 1. The number of nitrogens with one attached hydrogen (secondary N) is 1. The minimum Gasteiger partial charge on any atom is -0.371 e. The number of fused-ring (bicyclic) bond motifs is 1. The Morgan fingerprint density at radius 2 is 2.26 bits per heavy atom. The lowest BCUT2D eigenvalue weighted by molar-refractivity contribution is 0.0820. The molecule has 1 N–H and O–H groups in total. The molecular weight excluding hydrogens is 294 g/mol. The number of aromatic nitrogens is 4. The summed E-state index contributed by atoms with van der Waals surface area (Å²) in [6, 6.07) is -0.0224. The van der Waals surface area contributed by atoms with Gasteiger partial charge in [-0.3, -0.25) is 14.2 Å². The number of hydrogen-bond acceptors (Lipinski definition) is 4. The van der Waals surface area contributed by atoms with Crippen molar-refractivity contribution in [2.75, 3.05) is 6.61 Å². The molecule has 7 nitrogen and oxygen atoms in total. The van der Waals surface area contributed by atoms with Crippen molar-refractivity contribution >= 4 is 5.91 Å². The van der Waals surface area contributed by atoms with Crippen molar-refractivity contribution in [1.29, 1.82) is 0 Å². The van der Waals surface area contributed by atoms with Gasteiger partial charge < -0.3 is 10.1 Å². The topological polar surface area (TPSA) is 74.0 Å². The number of rotatable bonds is 3. The lowest BCUT2D eigenvalue weighted by Gasteiger charge is -2.19. The average Bonchev–Trinajstić information content (AvgIpc) is 3.25. The second-order valence-electron chi connectivity index (χ2n) is 6.29. The fourth-order valence-corrected chi connectivity index (χ4v) is 3.51. The summed E-state index contributed by atoms with van der Waals surface area (Å²) in [6.07, 6.45) is 9.31. The molecule has 0 aromatic carbocycles. The van der Waals surface area contributed by atoms with Crippen LogP contribution in [0.3, 0.4) is 0 Å². The molecule has 1 fully saturated rings. The van der Waals surface area contributed by atoms with Crippen LogP contribution < -0.4 is 5.32 Å². The maximum atomic E-state index is 12.7. The van der Waals surface area contributed by atoms with Crippen LogP contribution in [0.15, 0.2) is 18.6 Å². The van der Waals surface area contributed by atoms with Crippen LogP contribution in [-0.4, -0.2) is 38.1 Å². The lowest BCUT2D eigenvalue weighted by Crippen LogP contribution is -2.37. The quantitative estimate of drug-likeness (QED) is 0.924.